The lowest BCUT2D eigenvalue weighted by molar-refractivity contribution is 0.0675. The van der Waals surface area contributed by atoms with Crippen molar-refractivity contribution < 1.29 is 14.3 Å². The van der Waals surface area contributed by atoms with Gasteiger partial charge in [0.25, 0.3) is 0 Å². The number of amides is 1. The van der Waals surface area contributed by atoms with Gasteiger partial charge in [-0.25, -0.2) is 5.01 Å². The zero-order valence-electron chi connectivity index (χ0n) is 18.1. The van der Waals surface area contributed by atoms with E-state index in [2.05, 4.69) is 15.0 Å². The van der Waals surface area contributed by atoms with E-state index in [0.717, 1.165) is 42.2 Å². The van der Waals surface area contributed by atoms with Crippen molar-refractivity contribution in [2.45, 2.75) is 38.8 Å². The molecule has 0 aliphatic carbocycles. The van der Waals surface area contributed by atoms with Gasteiger partial charge in [0.2, 0.25) is 0 Å². The summed E-state index contributed by atoms with van der Waals surface area (Å²) in [6, 6.07) is 12.3. The number of hydrazone groups is 1. The van der Waals surface area contributed by atoms with Gasteiger partial charge in [-0.05, 0) is 51.1 Å². The van der Waals surface area contributed by atoms with E-state index in [4.69, 9.17) is 4.42 Å². The molecular formula is C25H26N4O3. The first kappa shape index (κ1) is 20.5. The van der Waals surface area contributed by atoms with Crippen molar-refractivity contribution >= 4 is 11.6 Å². The summed E-state index contributed by atoms with van der Waals surface area (Å²) in [6.07, 6.45) is 6.35. The largest absolute Gasteiger partial charge is 0.508 e. The van der Waals surface area contributed by atoms with Crippen LogP contribution in [0.5, 0.6) is 5.75 Å². The first-order valence-corrected chi connectivity index (χ1v) is 11.0. The molecule has 1 atom stereocenters. The van der Waals surface area contributed by atoms with Gasteiger partial charge in [-0.1, -0.05) is 24.3 Å². The summed E-state index contributed by atoms with van der Waals surface area (Å²) in [5.74, 6) is 0.861. The van der Waals surface area contributed by atoms with Crippen molar-refractivity contribution in [3.63, 3.8) is 0 Å². The summed E-state index contributed by atoms with van der Waals surface area (Å²) in [7, 11) is 0. The van der Waals surface area contributed by atoms with E-state index in [1.807, 2.05) is 37.3 Å². The van der Waals surface area contributed by atoms with Gasteiger partial charge in [0.05, 0.1) is 11.8 Å². The molecule has 0 spiro atoms. The maximum absolute atomic E-state index is 13.5. The van der Waals surface area contributed by atoms with Gasteiger partial charge < -0.3 is 9.52 Å². The fourth-order valence-electron chi connectivity index (χ4n) is 4.49. The van der Waals surface area contributed by atoms with E-state index in [1.54, 1.807) is 24.5 Å². The SMILES string of the molecule is Cc1oc(C(=O)N2N=C(c3cccnc3)CC2c2ccccc2O)cc1CN1CCCC1. The van der Waals surface area contributed by atoms with Gasteiger partial charge in [0, 0.05) is 42.0 Å². The van der Waals surface area contributed by atoms with Crippen LogP contribution in [0, 0.1) is 6.92 Å². The first-order chi connectivity index (χ1) is 15.6. The van der Waals surface area contributed by atoms with E-state index < -0.39 is 6.04 Å². The molecule has 7 nitrogen and oxygen atoms in total. The number of hydrogen-bond donors (Lipinski definition) is 1. The van der Waals surface area contributed by atoms with Gasteiger partial charge >= 0.3 is 5.91 Å². The number of carbonyl (C=O) groups is 1. The molecule has 2 aliphatic rings. The Hall–Kier alpha value is -3.45. The van der Waals surface area contributed by atoms with Gasteiger partial charge in [0.15, 0.2) is 5.76 Å². The number of phenolic OH excluding ortho intramolecular Hbond substituents is 1. The number of furan rings is 1. The summed E-state index contributed by atoms with van der Waals surface area (Å²) in [5, 5.41) is 16.6. The summed E-state index contributed by atoms with van der Waals surface area (Å²) < 4.78 is 5.89. The Kier molecular flexibility index (Phi) is 5.49. The molecule has 0 radical (unpaired) electrons. The molecule has 32 heavy (non-hydrogen) atoms. The highest BCUT2D eigenvalue weighted by atomic mass is 16.4. The smallest absolute Gasteiger partial charge is 0.310 e. The number of hydrogen-bond acceptors (Lipinski definition) is 6. The van der Waals surface area contributed by atoms with E-state index in [-0.39, 0.29) is 17.4 Å². The van der Waals surface area contributed by atoms with Crippen LogP contribution >= 0.6 is 0 Å². The number of pyridine rings is 1. The Morgan fingerprint density at radius 3 is 2.75 bits per heavy atom. The van der Waals surface area contributed by atoms with Crippen LogP contribution in [0.25, 0.3) is 0 Å². The summed E-state index contributed by atoms with van der Waals surface area (Å²) in [5.41, 5.74) is 3.29. The van der Waals surface area contributed by atoms with Gasteiger partial charge in [0.1, 0.15) is 11.5 Å². The number of likely N-dealkylation sites (tertiary alicyclic amines) is 1. The normalized spacial score (nSPS) is 18.8. The standard InChI is InChI=1S/C25H26N4O3/c1-17-19(16-28-11-4-5-12-28)13-24(32-17)25(31)29-22(20-8-2-3-9-23(20)30)14-21(27-29)18-7-6-10-26-15-18/h2-3,6-10,13,15,22,30H,4-5,11-12,14,16H2,1H3. The molecule has 1 unspecified atom stereocenters. The van der Waals surface area contributed by atoms with Crippen LogP contribution in [-0.2, 0) is 6.54 Å². The van der Waals surface area contributed by atoms with Crippen LogP contribution in [0.15, 0.2) is 64.4 Å². The zero-order valence-corrected chi connectivity index (χ0v) is 18.1. The zero-order chi connectivity index (χ0) is 22.1. The number of para-hydroxylation sites is 1. The number of rotatable bonds is 5. The van der Waals surface area contributed by atoms with Crippen LogP contribution in [0.3, 0.4) is 0 Å². The van der Waals surface area contributed by atoms with Crippen LogP contribution in [0.4, 0.5) is 0 Å². The Morgan fingerprint density at radius 2 is 2.00 bits per heavy atom. The highest BCUT2D eigenvalue weighted by molar-refractivity contribution is 6.04. The van der Waals surface area contributed by atoms with E-state index in [1.165, 1.54) is 17.9 Å². The molecule has 4 heterocycles. The molecule has 164 valence electrons. The quantitative estimate of drug-likeness (QED) is 0.653. The minimum absolute atomic E-state index is 0.142. The number of aryl methyl sites for hydroxylation is 1. The lowest BCUT2D eigenvalue weighted by Crippen LogP contribution is -2.27. The molecule has 7 heteroatoms. The summed E-state index contributed by atoms with van der Waals surface area (Å²) in [6.45, 7) is 4.84. The Balaban J connectivity index is 1.47. The van der Waals surface area contributed by atoms with E-state index in [0.29, 0.717) is 12.0 Å². The minimum Gasteiger partial charge on any atom is -0.508 e. The Labute approximate surface area is 187 Å². The third-order valence-electron chi connectivity index (χ3n) is 6.23. The van der Waals surface area contributed by atoms with Crippen LogP contribution in [-0.4, -0.2) is 44.7 Å². The van der Waals surface area contributed by atoms with Crippen molar-refractivity contribution in [2.75, 3.05) is 13.1 Å². The van der Waals surface area contributed by atoms with Crippen LogP contribution < -0.4 is 0 Å². The Bertz CT molecular complexity index is 1150. The molecule has 1 amide bonds. The molecular weight excluding hydrogens is 404 g/mol. The van der Waals surface area contributed by atoms with E-state index in [9.17, 15) is 9.90 Å². The third kappa shape index (κ3) is 3.91. The van der Waals surface area contributed by atoms with Gasteiger partial charge in [-0.3, -0.25) is 14.7 Å². The number of aromatic hydroxyl groups is 1. The molecule has 0 saturated carbocycles. The maximum Gasteiger partial charge on any atom is 0.310 e. The maximum atomic E-state index is 13.5. The second-order valence-corrected chi connectivity index (χ2v) is 8.39. The fraction of sp³-hybridized carbons (Fsp3) is 0.320. The number of carbonyl (C=O) groups excluding carboxylic acids is 1. The number of nitrogens with zero attached hydrogens (tertiary/aromatic N) is 4. The fourth-order valence-corrected chi connectivity index (χ4v) is 4.49. The van der Waals surface area contributed by atoms with Crippen molar-refractivity contribution in [2.24, 2.45) is 5.10 Å². The summed E-state index contributed by atoms with van der Waals surface area (Å²) >= 11 is 0. The molecule has 5 rings (SSSR count). The van der Waals surface area contributed by atoms with E-state index >= 15 is 0 Å². The lowest BCUT2D eigenvalue weighted by atomic mass is 9.98. The minimum atomic E-state index is -0.425. The first-order valence-electron chi connectivity index (χ1n) is 11.0. The molecule has 1 aromatic carbocycles. The molecule has 3 aromatic rings. The second-order valence-electron chi connectivity index (χ2n) is 8.39. The molecule has 2 aromatic heterocycles. The molecule has 1 N–H and O–H groups in total. The van der Waals surface area contributed by atoms with Gasteiger partial charge in [-0.2, -0.15) is 5.10 Å². The van der Waals surface area contributed by atoms with Gasteiger partial charge in [-0.15, -0.1) is 0 Å². The van der Waals surface area contributed by atoms with Crippen molar-refractivity contribution in [1.82, 2.24) is 14.9 Å². The number of phenols is 1. The van der Waals surface area contributed by atoms with Crippen molar-refractivity contribution in [3.05, 3.63) is 83.1 Å². The number of benzene rings is 1. The topological polar surface area (TPSA) is 82.2 Å². The third-order valence-corrected chi connectivity index (χ3v) is 6.23. The molecule has 0 bridgehead atoms. The second kappa shape index (κ2) is 8.59. The molecule has 1 saturated heterocycles. The average Bonchev–Trinajstić information content (AvgIpc) is 3.55. The van der Waals surface area contributed by atoms with Crippen LogP contribution in [0.1, 0.15) is 58.3 Å². The lowest BCUT2D eigenvalue weighted by Gasteiger charge is -2.21. The highest BCUT2D eigenvalue weighted by Gasteiger charge is 2.36. The monoisotopic (exact) mass is 430 g/mol. The van der Waals surface area contributed by atoms with Crippen molar-refractivity contribution in [3.8, 4) is 5.75 Å². The summed E-state index contributed by atoms with van der Waals surface area (Å²) in [4.78, 5) is 20.1. The molecule has 1 fully saturated rings. The highest BCUT2D eigenvalue weighted by Crippen LogP contribution is 2.38. The predicted molar refractivity (Wildman–Crippen MR) is 120 cm³/mol. The number of aromatic nitrogens is 1. The van der Waals surface area contributed by atoms with Crippen molar-refractivity contribution in [1.29, 1.82) is 0 Å². The van der Waals surface area contributed by atoms with Crippen LogP contribution in [0.2, 0.25) is 0 Å². The average molecular weight is 431 g/mol. The Morgan fingerprint density at radius 1 is 1.19 bits per heavy atom. The predicted octanol–water partition coefficient (Wildman–Crippen LogP) is 4.28. The molecule has 2 aliphatic heterocycles.